The predicted octanol–water partition coefficient (Wildman–Crippen LogP) is 2.46. The van der Waals surface area contributed by atoms with Gasteiger partial charge in [-0.25, -0.2) is 9.78 Å². The quantitative estimate of drug-likeness (QED) is 0.307. The zero-order valence-electron chi connectivity index (χ0n) is 23.9. The first-order valence-electron chi connectivity index (χ1n) is 14.2. The average molecular weight is 645 g/mol. The first-order valence-corrected chi connectivity index (χ1v) is 14.5. The van der Waals surface area contributed by atoms with E-state index >= 15 is 0 Å². The van der Waals surface area contributed by atoms with Crippen molar-refractivity contribution in [2.45, 2.75) is 31.2 Å². The van der Waals surface area contributed by atoms with E-state index in [1.54, 1.807) is 11.0 Å². The number of nitrogens with one attached hydrogen (secondary N) is 4. The standard InChI is InChI=1S/C28H28ClF3N10O3/c1-40-21(19-13-42(7-5-33)39-23(19)28(30,31)32)10-35-24(40)26(44)36-14-2-3-16(20(29)8-14)25(43)38-22-17-11-41(12-18(17)22)27(45)37-15-4-6-34-9-15/h2-3,8,10,13,15,17-18,22,34H,4,6-7,9,11-12H2,1H3,(H,36,44)(H,37,45)(H,38,43)/t15-,17-,18+,22?/m0/s1. The zero-order valence-corrected chi connectivity index (χ0v) is 24.6. The number of aromatic nitrogens is 4. The van der Waals surface area contributed by atoms with E-state index in [0.717, 1.165) is 36.6 Å². The lowest BCUT2D eigenvalue weighted by Gasteiger charge is -2.23. The third kappa shape index (κ3) is 6.05. The van der Waals surface area contributed by atoms with Gasteiger partial charge in [-0.3, -0.25) is 14.3 Å². The highest BCUT2D eigenvalue weighted by Crippen LogP contribution is 2.45. The van der Waals surface area contributed by atoms with Crippen molar-refractivity contribution >= 4 is 35.1 Å². The van der Waals surface area contributed by atoms with Crippen molar-refractivity contribution in [3.8, 4) is 17.3 Å². The zero-order chi connectivity index (χ0) is 32.0. The van der Waals surface area contributed by atoms with E-state index in [0.29, 0.717) is 13.1 Å². The van der Waals surface area contributed by atoms with Gasteiger partial charge >= 0.3 is 12.2 Å². The Hall–Kier alpha value is -4.62. The largest absolute Gasteiger partial charge is 0.435 e. The molecule has 6 rings (SSSR count). The molecule has 4 amide bonds. The molecule has 45 heavy (non-hydrogen) atoms. The van der Waals surface area contributed by atoms with Gasteiger partial charge in [-0.2, -0.15) is 23.5 Å². The molecule has 4 atom stereocenters. The summed E-state index contributed by atoms with van der Waals surface area (Å²) in [6, 6.07) is 6.07. The van der Waals surface area contributed by atoms with Crippen LogP contribution in [0.15, 0.2) is 30.6 Å². The highest BCUT2D eigenvalue weighted by atomic mass is 35.5. The van der Waals surface area contributed by atoms with Gasteiger partial charge in [0.1, 0.15) is 6.54 Å². The number of imidazole rings is 1. The van der Waals surface area contributed by atoms with Crippen LogP contribution < -0.4 is 21.3 Å². The predicted molar refractivity (Wildman–Crippen MR) is 154 cm³/mol. The minimum atomic E-state index is -4.80. The van der Waals surface area contributed by atoms with Crippen LogP contribution in [0.4, 0.5) is 23.7 Å². The monoisotopic (exact) mass is 644 g/mol. The van der Waals surface area contributed by atoms with Crippen molar-refractivity contribution in [2.75, 3.05) is 31.5 Å². The molecule has 1 unspecified atom stereocenters. The Morgan fingerprint density at radius 2 is 1.93 bits per heavy atom. The van der Waals surface area contributed by atoms with E-state index in [-0.39, 0.29) is 75.8 Å². The van der Waals surface area contributed by atoms with Gasteiger partial charge in [0.05, 0.1) is 34.1 Å². The SMILES string of the molecule is Cn1c(-c2cn(CC#N)nc2C(F)(F)F)cnc1C(=O)Nc1ccc(C(=O)NC2[C@H]3CN(C(=O)N[C@H]4CCNC4)C[C@@H]23)c(Cl)c1. The summed E-state index contributed by atoms with van der Waals surface area (Å²) in [5.41, 5.74) is -1.12. The smallest absolute Gasteiger partial charge is 0.349 e. The number of carbonyl (C=O) groups is 3. The molecule has 3 aromatic rings. The summed E-state index contributed by atoms with van der Waals surface area (Å²) in [4.78, 5) is 44.3. The maximum atomic E-state index is 13.6. The van der Waals surface area contributed by atoms with E-state index in [1.807, 2.05) is 0 Å². The fourth-order valence-corrected chi connectivity index (χ4v) is 6.25. The Bertz CT molecular complexity index is 1700. The van der Waals surface area contributed by atoms with Crippen molar-refractivity contribution < 1.29 is 27.6 Å². The van der Waals surface area contributed by atoms with Gasteiger partial charge in [0.15, 0.2) is 11.5 Å². The number of rotatable bonds is 7. The second-order valence-corrected chi connectivity index (χ2v) is 11.7. The molecule has 0 spiro atoms. The first kappa shape index (κ1) is 30.4. The molecule has 2 aromatic heterocycles. The molecule has 0 bridgehead atoms. The van der Waals surface area contributed by atoms with E-state index in [2.05, 4.69) is 31.3 Å². The van der Waals surface area contributed by atoms with Crippen LogP contribution in [0.3, 0.4) is 0 Å². The van der Waals surface area contributed by atoms with Gasteiger partial charge in [-0.05, 0) is 31.2 Å². The van der Waals surface area contributed by atoms with Crippen LogP contribution in [0.25, 0.3) is 11.3 Å². The van der Waals surface area contributed by atoms with Crippen molar-refractivity contribution in [3.63, 3.8) is 0 Å². The van der Waals surface area contributed by atoms with Crippen LogP contribution in [0.2, 0.25) is 5.02 Å². The lowest BCUT2D eigenvalue weighted by atomic mass is 10.2. The topological polar surface area (TPSA) is 162 Å². The Morgan fingerprint density at radius 1 is 1.18 bits per heavy atom. The van der Waals surface area contributed by atoms with E-state index < -0.39 is 17.8 Å². The third-order valence-corrected chi connectivity index (χ3v) is 8.68. The molecule has 13 nitrogen and oxygen atoms in total. The molecule has 2 aliphatic heterocycles. The fourth-order valence-electron chi connectivity index (χ4n) is 5.99. The summed E-state index contributed by atoms with van der Waals surface area (Å²) in [7, 11) is 1.38. The number of urea groups is 1. The van der Waals surface area contributed by atoms with Crippen LogP contribution in [0.1, 0.15) is 33.1 Å². The van der Waals surface area contributed by atoms with Gasteiger partial charge in [-0.1, -0.05) is 11.6 Å². The maximum Gasteiger partial charge on any atom is 0.435 e. The van der Waals surface area contributed by atoms with Gasteiger partial charge in [-0.15, -0.1) is 0 Å². The lowest BCUT2D eigenvalue weighted by molar-refractivity contribution is -0.141. The van der Waals surface area contributed by atoms with Gasteiger partial charge < -0.3 is 30.7 Å². The maximum absolute atomic E-state index is 13.6. The van der Waals surface area contributed by atoms with E-state index in [9.17, 15) is 27.6 Å². The number of alkyl halides is 3. The van der Waals surface area contributed by atoms with Gasteiger partial charge in [0, 0.05) is 62.5 Å². The number of hydrogen-bond donors (Lipinski definition) is 4. The number of carbonyl (C=O) groups excluding carboxylic acids is 3. The van der Waals surface area contributed by atoms with Gasteiger partial charge in [0.2, 0.25) is 0 Å². The minimum absolute atomic E-state index is 0.0265. The van der Waals surface area contributed by atoms with Crippen LogP contribution in [0, 0.1) is 23.2 Å². The summed E-state index contributed by atoms with van der Waals surface area (Å²) in [5, 5.41) is 24.2. The number of amides is 4. The Labute approximate surface area is 259 Å². The number of hydrogen-bond acceptors (Lipinski definition) is 7. The molecule has 4 N–H and O–H groups in total. The highest BCUT2D eigenvalue weighted by molar-refractivity contribution is 6.34. The third-order valence-electron chi connectivity index (χ3n) is 8.37. The summed E-state index contributed by atoms with van der Waals surface area (Å²) < 4.78 is 42.9. The fraction of sp³-hybridized carbons (Fsp3) is 0.429. The molecule has 3 aliphatic rings. The molecule has 1 aromatic carbocycles. The summed E-state index contributed by atoms with van der Waals surface area (Å²) >= 11 is 6.39. The number of halogens is 4. The number of likely N-dealkylation sites (tertiary alicyclic amines) is 1. The number of nitriles is 1. The number of fused-ring (bicyclic) bond motifs is 1. The van der Waals surface area contributed by atoms with Crippen molar-refractivity contribution in [1.82, 2.24) is 40.2 Å². The first-order chi connectivity index (χ1) is 21.4. The minimum Gasteiger partial charge on any atom is -0.349 e. The second kappa shape index (κ2) is 11.7. The molecule has 1 saturated carbocycles. The number of nitrogens with zero attached hydrogens (tertiary/aromatic N) is 6. The Morgan fingerprint density at radius 3 is 2.58 bits per heavy atom. The number of anilines is 1. The molecule has 236 valence electrons. The summed E-state index contributed by atoms with van der Waals surface area (Å²) in [5.74, 6) is -0.939. The normalized spacial score (nSPS) is 22.1. The van der Waals surface area contributed by atoms with Crippen LogP contribution in [0.5, 0.6) is 0 Å². The second-order valence-electron chi connectivity index (χ2n) is 11.3. The molecule has 0 radical (unpaired) electrons. The summed E-state index contributed by atoms with van der Waals surface area (Å²) in [6.45, 7) is 2.40. The summed E-state index contributed by atoms with van der Waals surface area (Å²) in [6.07, 6.45) is -1.70. The Balaban J connectivity index is 1.06. The molecule has 3 fully saturated rings. The van der Waals surface area contributed by atoms with Crippen LogP contribution in [-0.2, 0) is 19.8 Å². The van der Waals surface area contributed by atoms with Crippen LogP contribution in [-0.4, -0.2) is 80.3 Å². The van der Waals surface area contributed by atoms with E-state index in [1.165, 1.54) is 29.8 Å². The molecular weight excluding hydrogens is 617 g/mol. The molecule has 17 heteroatoms. The molecule has 2 saturated heterocycles. The average Bonchev–Trinajstić information content (AvgIpc) is 3.59. The molecule has 1 aliphatic carbocycles. The van der Waals surface area contributed by atoms with Gasteiger partial charge in [0.25, 0.3) is 11.8 Å². The Kier molecular flexibility index (Phi) is 7.91. The highest BCUT2D eigenvalue weighted by Gasteiger charge is 2.57. The lowest BCUT2D eigenvalue weighted by Crippen LogP contribution is -2.46. The van der Waals surface area contributed by atoms with Crippen molar-refractivity contribution in [3.05, 3.63) is 52.7 Å². The number of benzene rings is 1. The number of piperidine rings is 1. The molecular formula is C28H28ClF3N10O3. The molecule has 4 heterocycles. The van der Waals surface area contributed by atoms with Crippen molar-refractivity contribution in [2.24, 2.45) is 18.9 Å². The van der Waals surface area contributed by atoms with E-state index in [4.69, 9.17) is 16.9 Å². The van der Waals surface area contributed by atoms with Crippen LogP contribution >= 0.6 is 11.6 Å². The van der Waals surface area contributed by atoms with Crippen molar-refractivity contribution in [1.29, 1.82) is 5.26 Å².